The highest BCUT2D eigenvalue weighted by atomic mass is 16.6. The van der Waals surface area contributed by atoms with Crippen LogP contribution in [0.2, 0.25) is 0 Å². The molecule has 0 saturated carbocycles. The number of benzene rings is 1. The maximum Gasteiger partial charge on any atom is 0.343 e. The van der Waals surface area contributed by atoms with Crippen molar-refractivity contribution in [3.05, 3.63) is 74.7 Å². The van der Waals surface area contributed by atoms with E-state index in [1.165, 1.54) is 0 Å². The van der Waals surface area contributed by atoms with Gasteiger partial charge < -0.3 is 29.6 Å². The van der Waals surface area contributed by atoms with E-state index in [1.54, 1.807) is 23.6 Å². The number of aliphatic carboxylic acids is 1. The molecule has 35 heavy (non-hydrogen) atoms. The number of carboxylic acids is 1. The van der Waals surface area contributed by atoms with Gasteiger partial charge in [0.2, 0.25) is 0 Å². The number of rotatable bonds is 6. The topological polar surface area (TPSA) is 127 Å². The van der Waals surface area contributed by atoms with Gasteiger partial charge in [-0.2, -0.15) is 0 Å². The third-order valence-electron chi connectivity index (χ3n) is 7.12. The van der Waals surface area contributed by atoms with Crippen molar-refractivity contribution in [1.82, 2.24) is 4.57 Å². The number of ether oxygens (including phenoxy) is 2. The first kappa shape index (κ1) is 22.9. The Morgan fingerprint density at radius 2 is 2.09 bits per heavy atom. The fourth-order valence-electron chi connectivity index (χ4n) is 5.16. The van der Waals surface area contributed by atoms with Crippen molar-refractivity contribution in [3.63, 3.8) is 0 Å². The molecule has 9 nitrogen and oxygen atoms in total. The molecule has 3 aliphatic heterocycles. The van der Waals surface area contributed by atoms with E-state index in [2.05, 4.69) is 11.9 Å². The molecule has 1 aromatic heterocycles. The molecule has 0 amide bonds. The minimum atomic E-state index is -1.85. The number of cyclic esters (lactones) is 1. The fraction of sp³-hybridized carbons (Fsp3) is 0.346. The first-order valence-corrected chi connectivity index (χ1v) is 11.5. The monoisotopic (exact) mass is 478 g/mol. The normalized spacial score (nSPS) is 21.8. The second kappa shape index (κ2) is 8.13. The lowest BCUT2D eigenvalue weighted by Crippen LogP contribution is -2.44. The van der Waals surface area contributed by atoms with Gasteiger partial charge in [-0.15, -0.1) is 0 Å². The number of carbonyl (C=O) groups is 2. The molecule has 9 heteroatoms. The Kier molecular flexibility index (Phi) is 5.32. The highest BCUT2D eigenvalue weighted by Gasteiger charge is 2.46. The number of esters is 1. The number of pyridine rings is 1. The van der Waals surface area contributed by atoms with Crippen LogP contribution in [0, 0.1) is 0 Å². The number of nitrogens with zero attached hydrogens (tertiary/aromatic N) is 1. The van der Waals surface area contributed by atoms with Gasteiger partial charge in [0.05, 0.1) is 17.2 Å². The Balaban J connectivity index is 1.58. The zero-order chi connectivity index (χ0) is 25.1. The van der Waals surface area contributed by atoms with E-state index >= 15 is 0 Å². The van der Waals surface area contributed by atoms with Crippen molar-refractivity contribution < 1.29 is 29.3 Å². The number of fused-ring (bicyclic) bond motifs is 5. The van der Waals surface area contributed by atoms with Crippen molar-refractivity contribution >= 4 is 23.2 Å². The van der Waals surface area contributed by atoms with Crippen LogP contribution >= 0.6 is 0 Å². The molecular formula is C26H26N2O7. The molecule has 1 aromatic carbocycles. The summed E-state index contributed by atoms with van der Waals surface area (Å²) in [6, 6.07) is 6.95. The zero-order valence-corrected chi connectivity index (χ0v) is 19.5. The number of carbonyl (C=O) groups excluding carboxylic acids is 1. The van der Waals surface area contributed by atoms with E-state index in [4.69, 9.17) is 14.6 Å². The third kappa shape index (κ3) is 3.37. The molecular weight excluding hydrogens is 452 g/mol. The van der Waals surface area contributed by atoms with Crippen LogP contribution < -0.4 is 15.6 Å². The van der Waals surface area contributed by atoms with Crippen LogP contribution in [0.3, 0.4) is 0 Å². The van der Waals surface area contributed by atoms with Gasteiger partial charge in [0.25, 0.3) is 5.56 Å². The Hall–Kier alpha value is -3.85. The quantitative estimate of drug-likeness (QED) is 0.427. The van der Waals surface area contributed by atoms with Gasteiger partial charge in [0.1, 0.15) is 19.0 Å². The summed E-state index contributed by atoms with van der Waals surface area (Å²) in [5.74, 6) is -1.33. The van der Waals surface area contributed by atoms with Gasteiger partial charge in [0.15, 0.2) is 5.60 Å². The number of nitrogens with one attached hydrogen (secondary N) is 1. The van der Waals surface area contributed by atoms with E-state index in [0.717, 1.165) is 22.4 Å². The summed E-state index contributed by atoms with van der Waals surface area (Å²) in [5.41, 5.74) is 3.03. The van der Waals surface area contributed by atoms with E-state index in [-0.39, 0.29) is 36.8 Å². The lowest BCUT2D eigenvalue weighted by Gasteiger charge is -2.32. The average molecular weight is 479 g/mol. The molecule has 4 heterocycles. The van der Waals surface area contributed by atoms with Gasteiger partial charge in [-0.1, -0.05) is 20.4 Å². The standard InChI is InChI=1S/C26H26N2O7/c1-4-15-16-8-14(34-11-13(3)24(30)31)6-7-20(16)27-22-17(15)10-28-21(22)9-19-18(23(28)29)12-35-25(32)26(19,33)5-2/h6-9,22,27,33H,3-5,10-12H2,1-2H3,(H,30,31)/t22?,26-/m0/s1. The third-order valence-corrected chi connectivity index (χ3v) is 7.12. The maximum atomic E-state index is 13.4. The SMILES string of the molecule is C=C(COc1ccc2c(c1)C(CC)=C1Cn3c(cc4c(c3=O)COC(=O)[C@]4(O)CC)C1N2)C(=O)O. The van der Waals surface area contributed by atoms with Crippen molar-refractivity contribution in [1.29, 1.82) is 0 Å². The second-order valence-electron chi connectivity index (χ2n) is 8.98. The molecule has 0 bridgehead atoms. The van der Waals surface area contributed by atoms with Crippen molar-refractivity contribution in [2.45, 2.75) is 51.5 Å². The van der Waals surface area contributed by atoms with Crippen LogP contribution in [-0.4, -0.2) is 33.3 Å². The van der Waals surface area contributed by atoms with E-state index < -0.39 is 17.5 Å². The number of aliphatic hydroxyl groups is 1. The van der Waals surface area contributed by atoms with Crippen LogP contribution in [-0.2, 0) is 33.1 Å². The zero-order valence-electron chi connectivity index (χ0n) is 19.5. The molecule has 0 spiro atoms. The number of allylic oxidation sites excluding steroid dienone is 1. The molecule has 182 valence electrons. The molecule has 3 aliphatic rings. The largest absolute Gasteiger partial charge is 0.489 e. The van der Waals surface area contributed by atoms with Crippen LogP contribution in [0.25, 0.3) is 5.57 Å². The first-order valence-electron chi connectivity index (χ1n) is 11.5. The van der Waals surface area contributed by atoms with Gasteiger partial charge in [-0.25, -0.2) is 9.59 Å². The first-order chi connectivity index (χ1) is 16.7. The van der Waals surface area contributed by atoms with Crippen LogP contribution in [0.5, 0.6) is 5.75 Å². The molecule has 5 rings (SSSR count). The second-order valence-corrected chi connectivity index (χ2v) is 8.98. The Morgan fingerprint density at radius 3 is 2.77 bits per heavy atom. The molecule has 1 unspecified atom stereocenters. The Bertz CT molecular complexity index is 1390. The molecule has 0 saturated heterocycles. The lowest BCUT2D eigenvalue weighted by atomic mass is 9.84. The predicted molar refractivity (Wildman–Crippen MR) is 127 cm³/mol. The highest BCUT2D eigenvalue weighted by molar-refractivity contribution is 5.87. The van der Waals surface area contributed by atoms with Crippen molar-refractivity contribution in [2.75, 3.05) is 11.9 Å². The van der Waals surface area contributed by atoms with E-state index in [0.29, 0.717) is 35.5 Å². The molecule has 2 atom stereocenters. The Morgan fingerprint density at radius 1 is 1.31 bits per heavy atom. The highest BCUT2D eigenvalue weighted by Crippen LogP contribution is 2.47. The van der Waals surface area contributed by atoms with E-state index in [1.807, 2.05) is 19.1 Å². The molecule has 0 fully saturated rings. The van der Waals surface area contributed by atoms with Crippen LogP contribution in [0.1, 0.15) is 55.1 Å². The van der Waals surface area contributed by atoms with Gasteiger partial charge in [-0.05, 0) is 48.3 Å². The van der Waals surface area contributed by atoms with E-state index in [9.17, 15) is 19.5 Å². The van der Waals surface area contributed by atoms with Crippen LogP contribution in [0.4, 0.5) is 5.69 Å². The molecule has 2 aromatic rings. The molecule has 0 aliphatic carbocycles. The number of hydrogen-bond acceptors (Lipinski definition) is 7. The molecule has 3 N–H and O–H groups in total. The fourth-order valence-corrected chi connectivity index (χ4v) is 5.16. The molecule has 0 radical (unpaired) electrons. The van der Waals surface area contributed by atoms with Gasteiger partial charge in [0, 0.05) is 29.1 Å². The summed E-state index contributed by atoms with van der Waals surface area (Å²) >= 11 is 0. The summed E-state index contributed by atoms with van der Waals surface area (Å²) in [6.45, 7) is 7.30. The maximum absolute atomic E-state index is 13.4. The number of anilines is 1. The predicted octanol–water partition coefficient (Wildman–Crippen LogP) is 2.87. The van der Waals surface area contributed by atoms with Crippen molar-refractivity contribution in [3.8, 4) is 5.75 Å². The number of carboxylic acid groups (broad SMARTS) is 1. The van der Waals surface area contributed by atoms with Gasteiger partial charge in [-0.3, -0.25) is 4.79 Å². The average Bonchev–Trinajstić information content (AvgIpc) is 3.22. The minimum absolute atomic E-state index is 0.0425. The van der Waals surface area contributed by atoms with Crippen molar-refractivity contribution in [2.24, 2.45) is 0 Å². The summed E-state index contributed by atoms with van der Waals surface area (Å²) in [7, 11) is 0. The summed E-state index contributed by atoms with van der Waals surface area (Å²) < 4.78 is 12.5. The smallest absolute Gasteiger partial charge is 0.343 e. The number of aromatic nitrogens is 1. The summed E-state index contributed by atoms with van der Waals surface area (Å²) in [6.07, 6.45) is 0.803. The summed E-state index contributed by atoms with van der Waals surface area (Å²) in [4.78, 5) is 36.8. The summed E-state index contributed by atoms with van der Waals surface area (Å²) in [5, 5.41) is 23.6. The van der Waals surface area contributed by atoms with Gasteiger partial charge >= 0.3 is 11.9 Å². The lowest BCUT2D eigenvalue weighted by molar-refractivity contribution is -0.172. The Labute approximate surface area is 201 Å². The van der Waals surface area contributed by atoms with Crippen LogP contribution in [0.15, 0.2) is 46.8 Å². The number of hydrogen-bond donors (Lipinski definition) is 3. The minimum Gasteiger partial charge on any atom is -0.489 e.